The molecule has 0 heterocycles. The van der Waals surface area contributed by atoms with E-state index in [2.05, 4.69) is 68.6 Å². The van der Waals surface area contributed by atoms with Crippen LogP contribution in [0.3, 0.4) is 0 Å². The molecule has 0 aliphatic carbocycles. The lowest BCUT2D eigenvalue weighted by Gasteiger charge is -2.18. The molecule has 2 atom stereocenters. The summed E-state index contributed by atoms with van der Waals surface area (Å²) >= 11 is 0. The van der Waals surface area contributed by atoms with Crippen LogP contribution in [0, 0.1) is 5.92 Å². The highest BCUT2D eigenvalue weighted by Crippen LogP contribution is 2.22. The Balaban J connectivity index is 2.08. The molecule has 2 aromatic rings. The van der Waals surface area contributed by atoms with Gasteiger partial charge in [-0.3, -0.25) is 0 Å². The number of rotatable bonds is 6. The second-order valence-electron chi connectivity index (χ2n) is 5.64. The largest absolute Gasteiger partial charge is 0.315 e. The van der Waals surface area contributed by atoms with Crippen LogP contribution in [0.25, 0.3) is 10.8 Å². The number of hydrogen-bond donors (Lipinski definition) is 1. The molecule has 0 saturated heterocycles. The third kappa shape index (κ3) is 3.81. The number of fused-ring (bicyclic) bond motifs is 1. The summed E-state index contributed by atoms with van der Waals surface area (Å²) in [4.78, 5) is 0. The molecule has 0 aliphatic rings. The summed E-state index contributed by atoms with van der Waals surface area (Å²) in [7, 11) is 0. The molecule has 0 aromatic heterocycles. The summed E-state index contributed by atoms with van der Waals surface area (Å²) < 4.78 is 0. The van der Waals surface area contributed by atoms with Gasteiger partial charge in [0.05, 0.1) is 0 Å². The van der Waals surface area contributed by atoms with Crippen LogP contribution < -0.4 is 5.32 Å². The van der Waals surface area contributed by atoms with E-state index in [1.54, 1.807) is 0 Å². The molecular formula is C18H25N. The predicted molar refractivity (Wildman–Crippen MR) is 84.6 cm³/mol. The molecular weight excluding hydrogens is 230 g/mol. The zero-order valence-electron chi connectivity index (χ0n) is 12.3. The lowest BCUT2D eigenvalue weighted by Crippen LogP contribution is -2.27. The van der Waals surface area contributed by atoms with Crippen LogP contribution in [0.4, 0.5) is 0 Å². The van der Waals surface area contributed by atoms with Crippen molar-refractivity contribution < 1.29 is 0 Å². The van der Waals surface area contributed by atoms with Gasteiger partial charge in [-0.05, 0) is 48.6 Å². The summed E-state index contributed by atoms with van der Waals surface area (Å²) in [5.74, 6) is 0.708. The van der Waals surface area contributed by atoms with Crippen molar-refractivity contribution in [2.45, 2.75) is 39.7 Å². The van der Waals surface area contributed by atoms with Crippen LogP contribution in [0.5, 0.6) is 0 Å². The Morgan fingerprint density at radius 2 is 1.74 bits per heavy atom. The fourth-order valence-electron chi connectivity index (χ4n) is 2.96. The smallest absolute Gasteiger partial charge is 0.00412 e. The minimum atomic E-state index is 0.606. The fourth-order valence-corrected chi connectivity index (χ4v) is 2.96. The van der Waals surface area contributed by atoms with Gasteiger partial charge in [0.15, 0.2) is 0 Å². The molecule has 0 bridgehead atoms. The summed E-state index contributed by atoms with van der Waals surface area (Å²) in [6, 6.07) is 15.9. The summed E-state index contributed by atoms with van der Waals surface area (Å²) in [6.07, 6.45) is 2.40. The Morgan fingerprint density at radius 1 is 1.00 bits per heavy atom. The van der Waals surface area contributed by atoms with E-state index >= 15 is 0 Å². The number of nitrogens with one attached hydrogen (secondary N) is 1. The molecule has 1 nitrogen and oxygen atoms in total. The summed E-state index contributed by atoms with van der Waals surface area (Å²) in [5, 5.41) is 6.26. The van der Waals surface area contributed by atoms with Crippen molar-refractivity contribution in [2.75, 3.05) is 6.54 Å². The first kappa shape index (κ1) is 14.1. The van der Waals surface area contributed by atoms with Gasteiger partial charge in [0.25, 0.3) is 0 Å². The van der Waals surface area contributed by atoms with Crippen LogP contribution in [0.1, 0.15) is 32.8 Å². The van der Waals surface area contributed by atoms with E-state index in [4.69, 9.17) is 0 Å². The highest BCUT2D eigenvalue weighted by atomic mass is 14.9. The molecule has 2 unspecified atom stereocenters. The Kier molecular flexibility index (Phi) is 4.98. The van der Waals surface area contributed by atoms with Gasteiger partial charge in [0.2, 0.25) is 0 Å². The van der Waals surface area contributed by atoms with Gasteiger partial charge in [-0.2, -0.15) is 0 Å². The summed E-state index contributed by atoms with van der Waals surface area (Å²) in [5.41, 5.74) is 1.48. The van der Waals surface area contributed by atoms with Crippen LogP contribution in [-0.4, -0.2) is 12.6 Å². The second-order valence-corrected chi connectivity index (χ2v) is 5.64. The molecule has 0 saturated carbocycles. The van der Waals surface area contributed by atoms with Crippen molar-refractivity contribution in [2.24, 2.45) is 5.92 Å². The van der Waals surface area contributed by atoms with E-state index in [1.807, 2.05) is 0 Å². The monoisotopic (exact) mass is 255 g/mol. The van der Waals surface area contributed by atoms with Gasteiger partial charge in [-0.25, -0.2) is 0 Å². The highest BCUT2D eigenvalue weighted by Gasteiger charge is 2.10. The van der Waals surface area contributed by atoms with E-state index in [0.29, 0.717) is 12.0 Å². The second kappa shape index (κ2) is 6.72. The van der Waals surface area contributed by atoms with E-state index < -0.39 is 0 Å². The zero-order valence-corrected chi connectivity index (χ0v) is 12.3. The number of benzene rings is 2. The maximum Gasteiger partial charge on any atom is 0.00412 e. The average Bonchev–Trinajstić information content (AvgIpc) is 2.39. The maximum atomic E-state index is 3.50. The Hall–Kier alpha value is -1.34. The fraction of sp³-hybridized carbons (Fsp3) is 0.444. The predicted octanol–water partition coefficient (Wildman–Crippen LogP) is 4.41. The lowest BCUT2D eigenvalue weighted by atomic mass is 9.92. The first-order chi connectivity index (χ1) is 9.20. The molecule has 0 fully saturated rings. The third-order valence-electron chi connectivity index (χ3n) is 3.76. The average molecular weight is 255 g/mol. The quantitative estimate of drug-likeness (QED) is 0.806. The summed E-state index contributed by atoms with van der Waals surface area (Å²) in [6.45, 7) is 7.87. The molecule has 0 radical (unpaired) electrons. The van der Waals surface area contributed by atoms with Gasteiger partial charge in [0.1, 0.15) is 0 Å². The highest BCUT2D eigenvalue weighted by molar-refractivity contribution is 5.85. The van der Waals surface area contributed by atoms with Crippen molar-refractivity contribution in [1.82, 2.24) is 5.32 Å². The molecule has 0 aliphatic heterocycles. The van der Waals surface area contributed by atoms with E-state index in [1.165, 1.54) is 22.8 Å². The van der Waals surface area contributed by atoms with E-state index in [-0.39, 0.29) is 0 Å². The van der Waals surface area contributed by atoms with Crippen LogP contribution >= 0.6 is 0 Å². The molecule has 0 amide bonds. The normalized spacial score (nSPS) is 14.5. The lowest BCUT2D eigenvalue weighted by molar-refractivity contribution is 0.427. The van der Waals surface area contributed by atoms with Crippen molar-refractivity contribution in [3.8, 4) is 0 Å². The van der Waals surface area contributed by atoms with Gasteiger partial charge in [-0.1, -0.05) is 56.3 Å². The van der Waals surface area contributed by atoms with Gasteiger partial charge < -0.3 is 5.32 Å². The van der Waals surface area contributed by atoms with Gasteiger partial charge in [0, 0.05) is 6.04 Å². The Labute approximate surface area is 117 Å². The zero-order chi connectivity index (χ0) is 13.7. The third-order valence-corrected chi connectivity index (χ3v) is 3.76. The molecule has 19 heavy (non-hydrogen) atoms. The van der Waals surface area contributed by atoms with Crippen LogP contribution in [0.15, 0.2) is 42.5 Å². The van der Waals surface area contributed by atoms with Crippen molar-refractivity contribution >= 4 is 10.8 Å². The van der Waals surface area contributed by atoms with Gasteiger partial charge in [-0.15, -0.1) is 0 Å². The minimum Gasteiger partial charge on any atom is -0.315 e. The van der Waals surface area contributed by atoms with Crippen molar-refractivity contribution in [1.29, 1.82) is 0 Å². The maximum absolute atomic E-state index is 3.50. The molecule has 2 rings (SSSR count). The first-order valence-corrected chi connectivity index (χ1v) is 7.40. The van der Waals surface area contributed by atoms with Crippen molar-refractivity contribution in [3.63, 3.8) is 0 Å². The first-order valence-electron chi connectivity index (χ1n) is 7.40. The SMILES string of the molecule is CCNC(C)CC(C)Cc1cccc2ccccc12. The topological polar surface area (TPSA) is 12.0 Å². The Bertz CT molecular complexity index is 513. The molecule has 2 aromatic carbocycles. The number of hydrogen-bond acceptors (Lipinski definition) is 1. The molecule has 1 N–H and O–H groups in total. The van der Waals surface area contributed by atoms with E-state index in [9.17, 15) is 0 Å². The molecule has 102 valence electrons. The van der Waals surface area contributed by atoms with Gasteiger partial charge >= 0.3 is 0 Å². The van der Waals surface area contributed by atoms with Crippen LogP contribution in [0.2, 0.25) is 0 Å². The Morgan fingerprint density at radius 3 is 2.53 bits per heavy atom. The molecule has 0 spiro atoms. The van der Waals surface area contributed by atoms with Crippen LogP contribution in [-0.2, 0) is 6.42 Å². The molecule has 1 heteroatoms. The minimum absolute atomic E-state index is 0.606. The van der Waals surface area contributed by atoms with Crippen molar-refractivity contribution in [3.05, 3.63) is 48.0 Å². The van der Waals surface area contributed by atoms with E-state index in [0.717, 1.165) is 13.0 Å². The standard InChI is InChI=1S/C18H25N/c1-4-19-15(3)12-14(2)13-17-10-7-9-16-8-5-6-11-18(16)17/h5-11,14-15,19H,4,12-13H2,1-3H3.